The molecule has 0 saturated heterocycles. The molecule has 68 valence electrons. The molecule has 0 aliphatic carbocycles. The van der Waals surface area contributed by atoms with E-state index in [1.54, 1.807) is 24.3 Å². The van der Waals surface area contributed by atoms with Crippen LogP contribution in [0.1, 0.15) is 12.0 Å². The maximum Gasteiger partial charge on any atom is 0.130 e. The van der Waals surface area contributed by atoms with Crippen LogP contribution in [0.4, 0.5) is 4.39 Å². The minimum atomic E-state index is -0.287. The number of aldehydes is 1. The highest BCUT2D eigenvalue weighted by Crippen LogP contribution is 2.16. The third-order valence-electron chi connectivity index (χ3n) is 1.49. The van der Waals surface area contributed by atoms with Crippen molar-refractivity contribution in [3.05, 3.63) is 40.1 Å². The van der Waals surface area contributed by atoms with Gasteiger partial charge in [-0.3, -0.25) is 0 Å². The summed E-state index contributed by atoms with van der Waals surface area (Å²) < 4.78 is 13.9. The molecule has 0 aliphatic heterocycles. The van der Waals surface area contributed by atoms with Crippen LogP contribution in [0.15, 0.2) is 28.7 Å². The van der Waals surface area contributed by atoms with E-state index in [1.165, 1.54) is 6.07 Å². The Hall–Kier alpha value is -0.960. The molecule has 0 aromatic heterocycles. The molecule has 3 heteroatoms. The fourth-order valence-corrected chi connectivity index (χ4v) is 1.27. The molecular weight excluding hydrogens is 235 g/mol. The van der Waals surface area contributed by atoms with Crippen LogP contribution in [0.5, 0.6) is 0 Å². The average Bonchev–Trinajstić information content (AvgIpc) is 2.11. The normalized spacial score (nSPS) is 10.6. The second-order valence-electron chi connectivity index (χ2n) is 2.47. The zero-order chi connectivity index (χ0) is 9.68. The maximum atomic E-state index is 13.0. The lowest BCUT2D eigenvalue weighted by molar-refractivity contribution is -0.107. The van der Waals surface area contributed by atoms with Crippen LogP contribution in [0.25, 0.3) is 6.08 Å². The molecule has 1 rings (SSSR count). The SMILES string of the molecule is O=CCC=Cc1cc(Br)ccc1F. The topological polar surface area (TPSA) is 17.1 Å². The Morgan fingerprint density at radius 2 is 2.23 bits per heavy atom. The molecule has 0 atom stereocenters. The van der Waals surface area contributed by atoms with E-state index in [-0.39, 0.29) is 5.82 Å². The molecule has 0 aliphatic rings. The van der Waals surface area contributed by atoms with Crippen LogP contribution in [-0.4, -0.2) is 6.29 Å². The van der Waals surface area contributed by atoms with E-state index < -0.39 is 0 Å². The number of benzene rings is 1. The summed E-state index contributed by atoms with van der Waals surface area (Å²) in [5, 5.41) is 0. The van der Waals surface area contributed by atoms with E-state index in [0.29, 0.717) is 12.0 Å². The van der Waals surface area contributed by atoms with E-state index in [1.807, 2.05) is 0 Å². The van der Waals surface area contributed by atoms with Crippen LogP contribution in [0.2, 0.25) is 0 Å². The summed E-state index contributed by atoms with van der Waals surface area (Å²) in [6.07, 6.45) is 4.30. The Balaban J connectivity index is 2.86. The first kappa shape index (κ1) is 10.1. The number of hydrogen-bond donors (Lipinski definition) is 0. The molecule has 0 radical (unpaired) electrons. The zero-order valence-electron chi connectivity index (χ0n) is 6.84. The van der Waals surface area contributed by atoms with Crippen molar-refractivity contribution in [3.63, 3.8) is 0 Å². The highest BCUT2D eigenvalue weighted by Gasteiger charge is 1.97. The molecule has 1 aromatic rings. The van der Waals surface area contributed by atoms with Gasteiger partial charge in [0, 0.05) is 16.5 Å². The van der Waals surface area contributed by atoms with Gasteiger partial charge in [-0.05, 0) is 18.2 Å². The monoisotopic (exact) mass is 242 g/mol. The van der Waals surface area contributed by atoms with Crippen molar-refractivity contribution in [1.29, 1.82) is 0 Å². The molecule has 0 saturated carbocycles. The van der Waals surface area contributed by atoms with Crippen molar-refractivity contribution < 1.29 is 9.18 Å². The van der Waals surface area contributed by atoms with Crippen LogP contribution >= 0.6 is 15.9 Å². The quantitative estimate of drug-likeness (QED) is 0.745. The number of carbonyl (C=O) groups is 1. The Morgan fingerprint density at radius 1 is 1.46 bits per heavy atom. The number of rotatable bonds is 3. The lowest BCUT2D eigenvalue weighted by Crippen LogP contribution is -1.81. The van der Waals surface area contributed by atoms with Gasteiger partial charge in [-0.25, -0.2) is 4.39 Å². The minimum Gasteiger partial charge on any atom is -0.303 e. The smallest absolute Gasteiger partial charge is 0.130 e. The van der Waals surface area contributed by atoms with Gasteiger partial charge in [0.1, 0.15) is 12.1 Å². The van der Waals surface area contributed by atoms with Gasteiger partial charge in [0.2, 0.25) is 0 Å². The van der Waals surface area contributed by atoms with Gasteiger partial charge >= 0.3 is 0 Å². The highest BCUT2D eigenvalue weighted by molar-refractivity contribution is 9.10. The predicted molar refractivity (Wildman–Crippen MR) is 53.8 cm³/mol. The van der Waals surface area contributed by atoms with Crippen molar-refractivity contribution in [2.45, 2.75) is 6.42 Å². The molecule has 0 heterocycles. The lowest BCUT2D eigenvalue weighted by Gasteiger charge is -1.96. The summed E-state index contributed by atoms with van der Waals surface area (Å²) in [7, 11) is 0. The molecule has 0 bridgehead atoms. The van der Waals surface area contributed by atoms with Crippen LogP contribution in [-0.2, 0) is 4.79 Å². The average molecular weight is 243 g/mol. The molecule has 0 unspecified atom stereocenters. The third kappa shape index (κ3) is 3.11. The summed E-state index contributed by atoms with van der Waals surface area (Å²) in [5.41, 5.74) is 0.483. The molecule has 1 nitrogen and oxygen atoms in total. The Kier molecular flexibility index (Phi) is 3.83. The largest absolute Gasteiger partial charge is 0.303 e. The minimum absolute atomic E-state index is 0.287. The van der Waals surface area contributed by atoms with Gasteiger partial charge in [0.05, 0.1) is 0 Å². The molecule has 0 amide bonds. The van der Waals surface area contributed by atoms with E-state index in [2.05, 4.69) is 15.9 Å². The van der Waals surface area contributed by atoms with E-state index in [4.69, 9.17) is 0 Å². The molecule has 1 aromatic carbocycles. The number of allylic oxidation sites excluding steroid dienone is 1. The van der Waals surface area contributed by atoms with Gasteiger partial charge in [-0.15, -0.1) is 0 Å². The number of hydrogen-bond acceptors (Lipinski definition) is 1. The van der Waals surface area contributed by atoms with Gasteiger partial charge in [0.15, 0.2) is 0 Å². The second-order valence-corrected chi connectivity index (χ2v) is 3.39. The van der Waals surface area contributed by atoms with Gasteiger partial charge in [0.25, 0.3) is 0 Å². The number of halogens is 2. The summed E-state index contributed by atoms with van der Waals surface area (Å²) in [6.45, 7) is 0. The third-order valence-corrected chi connectivity index (χ3v) is 1.98. The number of carbonyl (C=O) groups excluding carboxylic acids is 1. The predicted octanol–water partition coefficient (Wildman–Crippen LogP) is 3.19. The van der Waals surface area contributed by atoms with Crippen LogP contribution in [0, 0.1) is 5.82 Å². The second kappa shape index (κ2) is 4.92. The first-order valence-electron chi connectivity index (χ1n) is 3.79. The van der Waals surface area contributed by atoms with E-state index in [0.717, 1.165) is 10.8 Å². The Labute approximate surface area is 84.4 Å². The summed E-state index contributed by atoms with van der Waals surface area (Å²) in [4.78, 5) is 9.99. The lowest BCUT2D eigenvalue weighted by atomic mass is 10.2. The van der Waals surface area contributed by atoms with Crippen molar-refractivity contribution in [2.24, 2.45) is 0 Å². The van der Waals surface area contributed by atoms with Crippen molar-refractivity contribution in [3.8, 4) is 0 Å². The van der Waals surface area contributed by atoms with Crippen molar-refractivity contribution in [2.75, 3.05) is 0 Å². The fraction of sp³-hybridized carbons (Fsp3) is 0.100. The summed E-state index contributed by atoms with van der Waals surface area (Å²) >= 11 is 3.24. The zero-order valence-corrected chi connectivity index (χ0v) is 8.42. The fourth-order valence-electron chi connectivity index (χ4n) is 0.893. The first-order chi connectivity index (χ1) is 6.24. The highest BCUT2D eigenvalue weighted by atomic mass is 79.9. The van der Waals surface area contributed by atoms with Gasteiger partial charge < -0.3 is 4.79 Å². The van der Waals surface area contributed by atoms with E-state index in [9.17, 15) is 9.18 Å². The molecular formula is C10H8BrFO. The first-order valence-corrected chi connectivity index (χ1v) is 4.58. The van der Waals surface area contributed by atoms with Crippen LogP contribution in [0.3, 0.4) is 0 Å². The van der Waals surface area contributed by atoms with Crippen LogP contribution < -0.4 is 0 Å². The molecule has 0 fully saturated rings. The molecule has 0 N–H and O–H groups in total. The summed E-state index contributed by atoms with van der Waals surface area (Å²) in [5.74, 6) is -0.287. The maximum absolute atomic E-state index is 13.0. The molecule has 0 spiro atoms. The Morgan fingerprint density at radius 3 is 2.92 bits per heavy atom. The van der Waals surface area contributed by atoms with Gasteiger partial charge in [-0.2, -0.15) is 0 Å². The molecule has 13 heavy (non-hydrogen) atoms. The Bertz CT molecular complexity index is 334. The standard InChI is InChI=1S/C10H8BrFO/c11-9-4-5-10(12)8(7-9)3-1-2-6-13/h1,3-7H,2H2. The summed E-state index contributed by atoms with van der Waals surface area (Å²) in [6, 6.07) is 4.67. The van der Waals surface area contributed by atoms with Crippen molar-refractivity contribution in [1.82, 2.24) is 0 Å². The van der Waals surface area contributed by atoms with E-state index >= 15 is 0 Å². The van der Waals surface area contributed by atoms with Crippen molar-refractivity contribution >= 4 is 28.3 Å². The van der Waals surface area contributed by atoms with Gasteiger partial charge in [-0.1, -0.05) is 28.1 Å².